The molecule has 2 heterocycles. The van der Waals surface area contributed by atoms with Gasteiger partial charge in [-0.05, 0) is 40.1 Å². The van der Waals surface area contributed by atoms with Gasteiger partial charge in [0.1, 0.15) is 0 Å². The second-order valence-corrected chi connectivity index (χ2v) is 10.5. The fourth-order valence-corrected chi connectivity index (χ4v) is 6.76. The van der Waals surface area contributed by atoms with Crippen LogP contribution < -0.4 is 0 Å². The van der Waals surface area contributed by atoms with E-state index in [0.29, 0.717) is 0 Å². The number of fused-ring (bicyclic) bond motifs is 9. The van der Waals surface area contributed by atoms with E-state index in [1.54, 1.807) is 0 Å². The molecule has 0 aliphatic carbocycles. The molecule has 2 nitrogen and oxygen atoms in total. The lowest BCUT2D eigenvalue weighted by molar-refractivity contribution is 1.31. The lowest BCUT2D eigenvalue weighted by atomic mass is 9.97. The quantitative estimate of drug-likeness (QED) is 0.226. The Kier molecular flexibility index (Phi) is 4.42. The third kappa shape index (κ3) is 3.11. The van der Waals surface area contributed by atoms with Crippen molar-refractivity contribution in [3.63, 3.8) is 0 Å². The van der Waals surface area contributed by atoms with Gasteiger partial charge >= 0.3 is 0 Å². The number of hydrogen-bond acceptors (Lipinski definition) is 3. The molecule has 0 saturated carbocycles. The Labute approximate surface area is 217 Å². The van der Waals surface area contributed by atoms with Gasteiger partial charge in [0.2, 0.25) is 0 Å². The van der Waals surface area contributed by atoms with Crippen LogP contribution in [0.15, 0.2) is 121 Å². The van der Waals surface area contributed by atoms with E-state index in [1.165, 1.54) is 42.1 Å². The number of aromatic nitrogens is 2. The van der Waals surface area contributed by atoms with E-state index in [9.17, 15) is 0 Å². The molecule has 0 N–H and O–H groups in total. The van der Waals surface area contributed by atoms with Crippen molar-refractivity contribution in [3.05, 3.63) is 121 Å². The predicted molar refractivity (Wildman–Crippen MR) is 158 cm³/mol. The number of benzene rings is 6. The number of thiophene rings is 1. The van der Waals surface area contributed by atoms with E-state index >= 15 is 0 Å². The highest BCUT2D eigenvalue weighted by molar-refractivity contribution is 7.25. The lowest BCUT2D eigenvalue weighted by Crippen LogP contribution is -1.92. The van der Waals surface area contributed by atoms with E-state index in [2.05, 4.69) is 115 Å². The molecule has 0 fully saturated rings. The molecule has 172 valence electrons. The summed E-state index contributed by atoms with van der Waals surface area (Å²) in [5.74, 6) is 0. The Morgan fingerprint density at radius 1 is 0.486 bits per heavy atom. The third-order valence-electron chi connectivity index (χ3n) is 7.30. The minimum absolute atomic E-state index is 0.886. The van der Waals surface area contributed by atoms with Crippen molar-refractivity contribution in [3.8, 4) is 22.4 Å². The van der Waals surface area contributed by atoms with Crippen molar-refractivity contribution in [2.75, 3.05) is 0 Å². The average molecular weight is 489 g/mol. The summed E-state index contributed by atoms with van der Waals surface area (Å²) in [6, 6.07) is 41.0. The van der Waals surface area contributed by atoms with Crippen LogP contribution >= 0.6 is 11.3 Å². The van der Waals surface area contributed by atoms with Gasteiger partial charge in [0, 0.05) is 36.5 Å². The van der Waals surface area contributed by atoms with E-state index in [4.69, 9.17) is 9.97 Å². The maximum absolute atomic E-state index is 5.20. The SMILES string of the molecule is c1cc(-c2cnc3c4ccccc4c4ccccc4c3n2)cc(-c2cccc3sc4ccccc4c23)c1. The van der Waals surface area contributed by atoms with E-state index in [-0.39, 0.29) is 0 Å². The van der Waals surface area contributed by atoms with Crippen molar-refractivity contribution in [2.24, 2.45) is 0 Å². The molecule has 0 bridgehead atoms. The Morgan fingerprint density at radius 2 is 1.11 bits per heavy atom. The summed E-state index contributed by atoms with van der Waals surface area (Å²) in [4.78, 5) is 10.2. The Morgan fingerprint density at radius 3 is 1.92 bits per heavy atom. The summed E-state index contributed by atoms with van der Waals surface area (Å²) < 4.78 is 2.63. The highest BCUT2D eigenvalue weighted by atomic mass is 32.1. The van der Waals surface area contributed by atoms with E-state index < -0.39 is 0 Å². The fraction of sp³-hybridized carbons (Fsp3) is 0. The first-order valence-corrected chi connectivity index (χ1v) is 13.2. The van der Waals surface area contributed by atoms with Gasteiger partial charge in [0.25, 0.3) is 0 Å². The third-order valence-corrected chi connectivity index (χ3v) is 8.43. The molecule has 6 aromatic carbocycles. The monoisotopic (exact) mass is 488 g/mol. The van der Waals surface area contributed by atoms with Crippen LogP contribution in [0.3, 0.4) is 0 Å². The summed E-state index contributed by atoms with van der Waals surface area (Å²) in [6.45, 7) is 0. The molecule has 0 unspecified atom stereocenters. The molecular weight excluding hydrogens is 468 g/mol. The molecule has 0 radical (unpaired) electrons. The summed E-state index contributed by atoms with van der Waals surface area (Å²) >= 11 is 1.85. The van der Waals surface area contributed by atoms with Gasteiger partial charge in [0.15, 0.2) is 0 Å². The van der Waals surface area contributed by atoms with Crippen LogP contribution in [0.4, 0.5) is 0 Å². The Bertz CT molecular complexity index is 2120. The average Bonchev–Trinajstić information content (AvgIpc) is 3.36. The van der Waals surface area contributed by atoms with Gasteiger partial charge in [0.05, 0.1) is 22.9 Å². The van der Waals surface area contributed by atoms with Gasteiger partial charge in [-0.15, -0.1) is 11.3 Å². The first kappa shape index (κ1) is 20.6. The first-order valence-electron chi connectivity index (χ1n) is 12.4. The second kappa shape index (κ2) is 7.95. The van der Waals surface area contributed by atoms with Crippen molar-refractivity contribution >= 4 is 64.1 Å². The molecule has 0 aliphatic rings. The summed E-state index contributed by atoms with van der Waals surface area (Å²) in [7, 11) is 0. The highest BCUT2D eigenvalue weighted by Gasteiger charge is 2.14. The first-order chi connectivity index (χ1) is 18.3. The van der Waals surface area contributed by atoms with Gasteiger partial charge in [-0.25, -0.2) is 4.98 Å². The normalized spacial score (nSPS) is 11.8. The van der Waals surface area contributed by atoms with Crippen molar-refractivity contribution in [1.82, 2.24) is 9.97 Å². The largest absolute Gasteiger partial charge is 0.252 e. The van der Waals surface area contributed by atoms with Gasteiger partial charge < -0.3 is 0 Å². The zero-order valence-corrected chi connectivity index (χ0v) is 20.7. The molecule has 8 aromatic rings. The van der Waals surface area contributed by atoms with Crippen LogP contribution in [0.5, 0.6) is 0 Å². The van der Waals surface area contributed by atoms with Crippen LogP contribution in [0, 0.1) is 0 Å². The zero-order chi connectivity index (χ0) is 24.3. The molecule has 8 rings (SSSR count). The summed E-state index contributed by atoms with van der Waals surface area (Å²) in [6.07, 6.45) is 1.92. The Hall–Kier alpha value is -4.60. The topological polar surface area (TPSA) is 25.8 Å². The molecule has 0 saturated heterocycles. The summed E-state index contributed by atoms with van der Waals surface area (Å²) in [5, 5.41) is 7.33. The fourth-order valence-electron chi connectivity index (χ4n) is 5.62. The van der Waals surface area contributed by atoms with Gasteiger partial charge in [-0.1, -0.05) is 97.1 Å². The van der Waals surface area contributed by atoms with Crippen molar-refractivity contribution in [1.29, 1.82) is 0 Å². The van der Waals surface area contributed by atoms with Crippen molar-refractivity contribution in [2.45, 2.75) is 0 Å². The number of hydrogen-bond donors (Lipinski definition) is 0. The van der Waals surface area contributed by atoms with Gasteiger partial charge in [-0.3, -0.25) is 4.98 Å². The lowest BCUT2D eigenvalue weighted by Gasteiger charge is -2.11. The zero-order valence-electron chi connectivity index (χ0n) is 19.8. The van der Waals surface area contributed by atoms with Crippen molar-refractivity contribution < 1.29 is 0 Å². The highest BCUT2D eigenvalue weighted by Crippen LogP contribution is 2.41. The standard InChI is InChI=1S/C34H20N2S/c1-3-13-26-24(11-1)25-12-2-4-14-27(25)34-33(26)35-20-29(36-34)22-10-7-9-21(19-22)23-16-8-18-31-32(23)28-15-5-6-17-30(28)37-31/h1-20H. The molecule has 3 heteroatoms. The van der Waals surface area contributed by atoms with Crippen LogP contribution in [0.2, 0.25) is 0 Å². The van der Waals surface area contributed by atoms with E-state index in [0.717, 1.165) is 33.1 Å². The van der Waals surface area contributed by atoms with Crippen LogP contribution in [0.1, 0.15) is 0 Å². The number of nitrogens with zero attached hydrogens (tertiary/aromatic N) is 2. The molecule has 0 atom stereocenters. The molecule has 0 amide bonds. The van der Waals surface area contributed by atoms with Crippen LogP contribution in [-0.2, 0) is 0 Å². The number of rotatable bonds is 2. The summed E-state index contributed by atoms with van der Waals surface area (Å²) in [5.41, 5.74) is 6.29. The Balaban J connectivity index is 1.36. The van der Waals surface area contributed by atoms with Gasteiger partial charge in [-0.2, -0.15) is 0 Å². The smallest absolute Gasteiger partial charge is 0.0979 e. The minimum atomic E-state index is 0.886. The van der Waals surface area contributed by atoms with Crippen LogP contribution in [0.25, 0.3) is 75.1 Å². The maximum Gasteiger partial charge on any atom is 0.0979 e. The van der Waals surface area contributed by atoms with E-state index in [1.807, 2.05) is 17.5 Å². The maximum atomic E-state index is 5.20. The molecule has 0 aliphatic heterocycles. The second-order valence-electron chi connectivity index (χ2n) is 9.40. The molecule has 2 aromatic heterocycles. The molecular formula is C34H20N2S. The minimum Gasteiger partial charge on any atom is -0.252 e. The predicted octanol–water partition coefficient (Wildman–Crippen LogP) is 9.64. The molecule has 37 heavy (non-hydrogen) atoms. The molecule has 0 spiro atoms. The van der Waals surface area contributed by atoms with Crippen LogP contribution in [-0.4, -0.2) is 9.97 Å².